The molecule has 0 fully saturated rings. The molecule has 19 heteroatoms. The van der Waals surface area contributed by atoms with Crippen molar-refractivity contribution in [3.8, 4) is 0 Å². The van der Waals surface area contributed by atoms with Crippen LogP contribution in [0.3, 0.4) is 0 Å². The molecule has 0 aliphatic rings. The van der Waals surface area contributed by atoms with Gasteiger partial charge in [-0.25, -0.2) is 9.13 Å². The lowest BCUT2D eigenvalue weighted by atomic mass is 10.0. The fraction of sp³-hybridized carbons (Fsp3) is 0.949. The Labute approximate surface area is 600 Å². The molecule has 0 aliphatic heterocycles. The molecule has 0 bridgehead atoms. The van der Waals surface area contributed by atoms with Crippen LogP contribution in [0.2, 0.25) is 0 Å². The highest BCUT2D eigenvalue weighted by Crippen LogP contribution is 2.45. The third kappa shape index (κ3) is 72.4. The zero-order valence-corrected chi connectivity index (χ0v) is 65.7. The minimum atomic E-state index is -4.96. The molecule has 5 atom stereocenters. The highest BCUT2D eigenvalue weighted by atomic mass is 31.2. The number of rotatable bonds is 79. The van der Waals surface area contributed by atoms with Gasteiger partial charge in [-0.05, 0) is 31.6 Å². The minimum Gasteiger partial charge on any atom is -0.462 e. The summed E-state index contributed by atoms with van der Waals surface area (Å²) in [5, 5.41) is 10.6. The van der Waals surface area contributed by atoms with Gasteiger partial charge in [0.15, 0.2) is 12.2 Å². The van der Waals surface area contributed by atoms with Crippen LogP contribution >= 0.6 is 15.6 Å². The number of phosphoric ester groups is 2. The van der Waals surface area contributed by atoms with Gasteiger partial charge < -0.3 is 33.8 Å². The summed E-state index contributed by atoms with van der Waals surface area (Å²) in [4.78, 5) is 72.6. The summed E-state index contributed by atoms with van der Waals surface area (Å²) in [6, 6.07) is 0. The molecule has 2 unspecified atom stereocenters. The molecule has 0 aromatic carbocycles. The number of hydrogen-bond donors (Lipinski definition) is 3. The van der Waals surface area contributed by atoms with Crippen molar-refractivity contribution in [2.75, 3.05) is 39.6 Å². The quantitative estimate of drug-likeness (QED) is 0.0222. The van der Waals surface area contributed by atoms with Crippen LogP contribution in [-0.2, 0) is 65.4 Å². The Balaban J connectivity index is 5.09. The lowest BCUT2D eigenvalue weighted by Gasteiger charge is -2.21. The Morgan fingerprint density at radius 3 is 0.694 bits per heavy atom. The van der Waals surface area contributed by atoms with Crippen molar-refractivity contribution in [2.45, 2.75) is 438 Å². The van der Waals surface area contributed by atoms with Gasteiger partial charge in [-0.1, -0.05) is 369 Å². The Morgan fingerprint density at radius 2 is 0.469 bits per heavy atom. The molecule has 582 valence electrons. The van der Waals surface area contributed by atoms with Gasteiger partial charge in [0, 0.05) is 25.7 Å². The number of carbonyl (C=O) groups excluding carboxylic acids is 4. The molecule has 0 spiro atoms. The van der Waals surface area contributed by atoms with E-state index in [9.17, 15) is 43.2 Å². The summed E-state index contributed by atoms with van der Waals surface area (Å²) in [7, 11) is -9.90. The largest absolute Gasteiger partial charge is 0.472 e. The zero-order chi connectivity index (χ0) is 71.9. The van der Waals surface area contributed by atoms with Crippen molar-refractivity contribution >= 4 is 39.5 Å². The summed E-state index contributed by atoms with van der Waals surface area (Å²) >= 11 is 0. The predicted octanol–water partition coefficient (Wildman–Crippen LogP) is 23.6. The van der Waals surface area contributed by atoms with Gasteiger partial charge in [-0.15, -0.1) is 0 Å². The molecule has 0 aliphatic carbocycles. The second-order valence-electron chi connectivity index (χ2n) is 28.9. The van der Waals surface area contributed by atoms with Gasteiger partial charge in [0.05, 0.1) is 26.4 Å². The van der Waals surface area contributed by atoms with Crippen molar-refractivity contribution in [3.63, 3.8) is 0 Å². The Morgan fingerprint density at radius 1 is 0.276 bits per heavy atom. The van der Waals surface area contributed by atoms with Gasteiger partial charge in [0.25, 0.3) is 0 Å². The van der Waals surface area contributed by atoms with E-state index in [-0.39, 0.29) is 25.7 Å². The van der Waals surface area contributed by atoms with E-state index in [1.807, 2.05) is 0 Å². The Hall–Kier alpha value is -1.94. The van der Waals surface area contributed by atoms with Crippen LogP contribution in [0.25, 0.3) is 0 Å². The smallest absolute Gasteiger partial charge is 0.462 e. The number of hydrogen-bond acceptors (Lipinski definition) is 15. The van der Waals surface area contributed by atoms with Crippen molar-refractivity contribution in [2.24, 2.45) is 5.92 Å². The van der Waals surface area contributed by atoms with Crippen LogP contribution in [0.5, 0.6) is 0 Å². The highest BCUT2D eigenvalue weighted by Gasteiger charge is 2.30. The maximum absolute atomic E-state index is 13.1. The van der Waals surface area contributed by atoms with Crippen molar-refractivity contribution in [3.05, 3.63) is 0 Å². The molecule has 17 nitrogen and oxygen atoms in total. The first-order valence-corrected chi connectivity index (χ1v) is 44.1. The summed E-state index contributed by atoms with van der Waals surface area (Å²) in [6.45, 7) is 7.17. The van der Waals surface area contributed by atoms with E-state index in [0.717, 1.165) is 102 Å². The molecule has 0 saturated carbocycles. The lowest BCUT2D eigenvalue weighted by molar-refractivity contribution is -0.161. The third-order valence-electron chi connectivity index (χ3n) is 18.5. The number of aliphatic hydroxyl groups is 1. The Bertz CT molecular complexity index is 1870. The number of aliphatic hydroxyl groups excluding tert-OH is 1. The van der Waals surface area contributed by atoms with Gasteiger partial charge in [-0.3, -0.25) is 37.3 Å². The maximum Gasteiger partial charge on any atom is 0.472 e. The molecule has 0 radical (unpaired) electrons. The van der Waals surface area contributed by atoms with Gasteiger partial charge in [-0.2, -0.15) is 0 Å². The summed E-state index contributed by atoms with van der Waals surface area (Å²) in [5.41, 5.74) is 0. The molecular formula is C79H154O17P2. The minimum absolute atomic E-state index is 0.104. The Kier molecular flexibility index (Phi) is 70.6. The van der Waals surface area contributed by atoms with Gasteiger partial charge >= 0.3 is 39.5 Å². The van der Waals surface area contributed by atoms with Gasteiger partial charge in [0.2, 0.25) is 0 Å². The predicted molar refractivity (Wildman–Crippen MR) is 400 cm³/mol. The van der Waals surface area contributed by atoms with E-state index in [2.05, 4.69) is 34.6 Å². The third-order valence-corrected chi connectivity index (χ3v) is 20.4. The first-order chi connectivity index (χ1) is 47.5. The number of carbonyl (C=O) groups is 4. The molecule has 0 aromatic heterocycles. The number of esters is 4. The van der Waals surface area contributed by atoms with Gasteiger partial charge in [0.1, 0.15) is 19.3 Å². The summed E-state index contributed by atoms with van der Waals surface area (Å²) in [5.74, 6) is -1.41. The van der Waals surface area contributed by atoms with E-state index in [4.69, 9.17) is 37.0 Å². The fourth-order valence-electron chi connectivity index (χ4n) is 12.2. The average Bonchev–Trinajstić information content (AvgIpc) is 1.94. The fourth-order valence-corrected chi connectivity index (χ4v) is 13.8. The molecule has 0 aromatic rings. The van der Waals surface area contributed by atoms with E-state index in [1.165, 1.54) is 238 Å². The van der Waals surface area contributed by atoms with Crippen LogP contribution in [0, 0.1) is 5.92 Å². The molecular weight excluding hydrogens is 1280 g/mol. The van der Waals surface area contributed by atoms with Crippen molar-refractivity contribution in [1.29, 1.82) is 0 Å². The molecule has 0 saturated heterocycles. The standard InChI is InChI=1S/C79H154O17P2/c1-6-9-12-15-17-19-21-23-25-27-29-31-32-34-36-38-40-42-44-49-54-59-64-78(83)96-75(69-90-77(82)63-58-53-48-43-41-39-37-35-33-30-28-26-24-22-20-18-16-13-10-7-2)71-94-98(87,88)92-67-73(80)66-91-97(85,86)93-70-74(68-89-76(81)62-57-51-14-11-8-3)95-79(84)65-60-55-50-46-45-47-52-56-61-72(4)5/h72-75,80H,6-71H2,1-5H3,(H,85,86)(H,87,88)/t73-,74+,75+/m0/s1. The normalized spacial score (nSPS) is 13.9. The van der Waals surface area contributed by atoms with E-state index < -0.39 is 97.5 Å². The number of unbranched alkanes of at least 4 members (excludes halogenated alkanes) is 51. The first kappa shape index (κ1) is 96.1. The maximum atomic E-state index is 13.1. The van der Waals surface area contributed by atoms with Crippen LogP contribution in [0.15, 0.2) is 0 Å². The van der Waals surface area contributed by atoms with Crippen molar-refractivity contribution in [1.82, 2.24) is 0 Å². The lowest BCUT2D eigenvalue weighted by Crippen LogP contribution is -2.30. The van der Waals surface area contributed by atoms with Crippen LogP contribution in [-0.4, -0.2) is 96.7 Å². The summed E-state index contributed by atoms with van der Waals surface area (Å²) < 4.78 is 68.3. The SMILES string of the molecule is CCCCCCCCCCCCCCCCCCCCCCCCC(=O)O[C@H](COC(=O)CCCCCCCCCCCCCCCCCCCCCC)COP(=O)(O)OC[C@@H](O)COP(=O)(O)OC[C@@H](COC(=O)CCCCCCC)OC(=O)CCCCCCCCCCC(C)C. The summed E-state index contributed by atoms with van der Waals surface area (Å²) in [6.07, 6.45) is 63.3. The molecule has 3 N–H and O–H groups in total. The molecule has 0 rings (SSSR count). The van der Waals surface area contributed by atoms with E-state index in [0.29, 0.717) is 25.7 Å². The van der Waals surface area contributed by atoms with Crippen LogP contribution in [0.1, 0.15) is 420 Å². The average molecular weight is 1440 g/mol. The first-order valence-electron chi connectivity index (χ1n) is 41.1. The molecule has 98 heavy (non-hydrogen) atoms. The van der Waals surface area contributed by atoms with Crippen molar-refractivity contribution < 1.29 is 80.2 Å². The number of phosphoric acid groups is 2. The second kappa shape index (κ2) is 72.0. The second-order valence-corrected chi connectivity index (χ2v) is 31.8. The van der Waals surface area contributed by atoms with Crippen LogP contribution in [0.4, 0.5) is 0 Å². The molecule has 0 amide bonds. The zero-order valence-electron chi connectivity index (χ0n) is 63.9. The number of ether oxygens (including phenoxy) is 4. The van der Waals surface area contributed by atoms with Crippen LogP contribution < -0.4 is 0 Å². The topological polar surface area (TPSA) is 237 Å². The van der Waals surface area contributed by atoms with E-state index in [1.54, 1.807) is 0 Å². The van der Waals surface area contributed by atoms with E-state index >= 15 is 0 Å². The molecule has 0 heterocycles. The highest BCUT2D eigenvalue weighted by molar-refractivity contribution is 7.47. The monoisotopic (exact) mass is 1440 g/mol.